The van der Waals surface area contributed by atoms with E-state index in [2.05, 4.69) is 19.1 Å². The number of ether oxygens (including phenoxy) is 1. The van der Waals surface area contributed by atoms with Gasteiger partial charge in [-0.3, -0.25) is 4.39 Å². The smallest absolute Gasteiger partial charge is 0.119 e. The highest BCUT2D eigenvalue weighted by atomic mass is 19.1. The van der Waals surface area contributed by atoms with Crippen molar-refractivity contribution in [1.82, 2.24) is 0 Å². The van der Waals surface area contributed by atoms with Crippen LogP contribution in [0.1, 0.15) is 44.2 Å². The first-order valence-electron chi connectivity index (χ1n) is 6.03. The molecule has 0 heterocycles. The fourth-order valence-corrected chi connectivity index (χ4v) is 1.74. The van der Waals surface area contributed by atoms with Crippen molar-refractivity contribution in [2.75, 3.05) is 13.3 Å². The van der Waals surface area contributed by atoms with Gasteiger partial charge in [-0.25, -0.2) is 0 Å². The van der Waals surface area contributed by atoms with Gasteiger partial charge in [0.2, 0.25) is 0 Å². The molecule has 0 saturated heterocycles. The molecular weight excluding hydrogens is 203 g/mol. The maximum Gasteiger partial charge on any atom is 0.119 e. The Hall–Kier alpha value is -1.05. The molecule has 0 saturated carbocycles. The molecule has 1 rings (SSSR count). The van der Waals surface area contributed by atoms with E-state index in [-0.39, 0.29) is 12.6 Å². The number of hydrogen-bond donors (Lipinski definition) is 0. The summed E-state index contributed by atoms with van der Waals surface area (Å²) < 4.78 is 18.2. The Kier molecular flexibility index (Phi) is 5.30. The maximum absolute atomic E-state index is 12.7. The summed E-state index contributed by atoms with van der Waals surface area (Å²) >= 11 is 0. The molecule has 1 aromatic carbocycles. The van der Waals surface area contributed by atoms with Gasteiger partial charge in [-0.15, -0.1) is 0 Å². The molecule has 0 spiro atoms. The van der Waals surface area contributed by atoms with E-state index in [1.54, 1.807) is 0 Å². The zero-order valence-corrected chi connectivity index (χ0v) is 10.4. The van der Waals surface area contributed by atoms with Crippen molar-refractivity contribution in [2.24, 2.45) is 0 Å². The number of alkyl halides is 1. The molecule has 1 atom stereocenters. The molecule has 1 aromatic rings. The van der Waals surface area contributed by atoms with E-state index in [1.807, 2.05) is 19.9 Å². The fraction of sp³-hybridized carbons (Fsp3) is 0.571. The largest absolute Gasteiger partial charge is 0.494 e. The van der Waals surface area contributed by atoms with E-state index in [0.717, 1.165) is 24.2 Å². The van der Waals surface area contributed by atoms with Crippen molar-refractivity contribution in [2.45, 2.75) is 39.5 Å². The zero-order valence-electron chi connectivity index (χ0n) is 10.4. The van der Waals surface area contributed by atoms with Crippen LogP contribution in [0.4, 0.5) is 4.39 Å². The van der Waals surface area contributed by atoms with Crippen LogP contribution in [0.15, 0.2) is 18.2 Å². The predicted molar refractivity (Wildman–Crippen MR) is 66.0 cm³/mol. The molecule has 1 unspecified atom stereocenters. The van der Waals surface area contributed by atoms with E-state index in [1.165, 1.54) is 5.56 Å². The molecule has 1 nitrogen and oxygen atoms in total. The van der Waals surface area contributed by atoms with Crippen LogP contribution in [0.2, 0.25) is 0 Å². The lowest BCUT2D eigenvalue weighted by atomic mass is 9.98. The molecule has 0 aliphatic heterocycles. The molecule has 0 aliphatic rings. The first-order valence-corrected chi connectivity index (χ1v) is 6.03. The third kappa shape index (κ3) is 3.51. The monoisotopic (exact) mass is 224 g/mol. The SMILES string of the molecule is CCCc1cc(OCC)cc(C(C)CF)c1. The summed E-state index contributed by atoms with van der Waals surface area (Å²) in [6.07, 6.45) is 2.12. The summed E-state index contributed by atoms with van der Waals surface area (Å²) in [6.45, 7) is 6.34. The van der Waals surface area contributed by atoms with Crippen molar-refractivity contribution >= 4 is 0 Å². The lowest BCUT2D eigenvalue weighted by molar-refractivity contribution is 0.339. The number of rotatable bonds is 6. The van der Waals surface area contributed by atoms with E-state index >= 15 is 0 Å². The first kappa shape index (κ1) is 13.0. The second-order valence-electron chi connectivity index (χ2n) is 4.15. The standard InChI is InChI=1S/C14H21FO/c1-4-6-12-7-13(11(3)10-15)9-14(8-12)16-5-2/h7-9,11H,4-6,10H2,1-3H3. The van der Waals surface area contributed by atoms with Crippen LogP contribution in [-0.2, 0) is 6.42 Å². The summed E-state index contributed by atoms with van der Waals surface area (Å²) in [7, 11) is 0. The first-order chi connectivity index (χ1) is 7.71. The second-order valence-corrected chi connectivity index (χ2v) is 4.15. The highest BCUT2D eigenvalue weighted by molar-refractivity contribution is 5.36. The molecule has 2 heteroatoms. The Morgan fingerprint density at radius 2 is 2.00 bits per heavy atom. The van der Waals surface area contributed by atoms with Gasteiger partial charge in [0.15, 0.2) is 0 Å². The van der Waals surface area contributed by atoms with Crippen LogP contribution in [-0.4, -0.2) is 13.3 Å². The Bertz CT molecular complexity index is 298. The summed E-state index contributed by atoms with van der Waals surface area (Å²) in [5, 5.41) is 0. The van der Waals surface area contributed by atoms with Crippen LogP contribution < -0.4 is 4.74 Å². The van der Waals surface area contributed by atoms with E-state index < -0.39 is 0 Å². The van der Waals surface area contributed by atoms with Gasteiger partial charge in [-0.05, 0) is 36.6 Å². The number of benzene rings is 1. The molecule has 0 bridgehead atoms. The van der Waals surface area contributed by atoms with Crippen LogP contribution in [0.25, 0.3) is 0 Å². The summed E-state index contributed by atoms with van der Waals surface area (Å²) in [6, 6.07) is 6.10. The molecule has 0 radical (unpaired) electrons. The van der Waals surface area contributed by atoms with E-state index in [9.17, 15) is 4.39 Å². The Labute approximate surface area is 97.6 Å². The third-order valence-electron chi connectivity index (χ3n) is 2.64. The van der Waals surface area contributed by atoms with Crippen molar-refractivity contribution in [1.29, 1.82) is 0 Å². The maximum atomic E-state index is 12.7. The Morgan fingerprint density at radius 1 is 1.25 bits per heavy atom. The number of aryl methyl sites for hydroxylation is 1. The topological polar surface area (TPSA) is 9.23 Å². The lowest BCUT2D eigenvalue weighted by Gasteiger charge is -2.13. The minimum atomic E-state index is -0.318. The van der Waals surface area contributed by atoms with Crippen LogP contribution in [0, 0.1) is 0 Å². The minimum absolute atomic E-state index is 0.0454. The molecular formula is C14H21FO. The average Bonchev–Trinajstić information content (AvgIpc) is 2.28. The van der Waals surface area contributed by atoms with Crippen LogP contribution in [0.3, 0.4) is 0 Å². The molecule has 0 N–H and O–H groups in total. The minimum Gasteiger partial charge on any atom is -0.494 e. The van der Waals surface area contributed by atoms with E-state index in [0.29, 0.717) is 6.61 Å². The van der Waals surface area contributed by atoms with Gasteiger partial charge in [0.25, 0.3) is 0 Å². The van der Waals surface area contributed by atoms with Crippen LogP contribution >= 0.6 is 0 Å². The van der Waals surface area contributed by atoms with Gasteiger partial charge in [-0.2, -0.15) is 0 Å². The molecule has 0 fully saturated rings. The van der Waals surface area contributed by atoms with Gasteiger partial charge in [0.1, 0.15) is 5.75 Å². The van der Waals surface area contributed by atoms with Gasteiger partial charge in [-0.1, -0.05) is 26.3 Å². The fourth-order valence-electron chi connectivity index (χ4n) is 1.74. The highest BCUT2D eigenvalue weighted by Gasteiger charge is 2.08. The molecule has 16 heavy (non-hydrogen) atoms. The van der Waals surface area contributed by atoms with Gasteiger partial charge >= 0.3 is 0 Å². The van der Waals surface area contributed by atoms with Crippen LogP contribution in [0.5, 0.6) is 5.75 Å². The van der Waals surface area contributed by atoms with Crippen molar-refractivity contribution < 1.29 is 9.13 Å². The Balaban J connectivity index is 2.97. The number of halogens is 1. The van der Waals surface area contributed by atoms with Gasteiger partial charge in [0.05, 0.1) is 13.3 Å². The number of hydrogen-bond acceptors (Lipinski definition) is 1. The highest BCUT2D eigenvalue weighted by Crippen LogP contribution is 2.24. The molecule has 90 valence electrons. The van der Waals surface area contributed by atoms with Crippen molar-refractivity contribution in [3.05, 3.63) is 29.3 Å². The predicted octanol–water partition coefficient (Wildman–Crippen LogP) is 4.11. The Morgan fingerprint density at radius 3 is 2.56 bits per heavy atom. The second kappa shape index (κ2) is 6.51. The summed E-state index contributed by atoms with van der Waals surface area (Å²) in [4.78, 5) is 0. The molecule has 0 aromatic heterocycles. The summed E-state index contributed by atoms with van der Waals surface area (Å²) in [5.41, 5.74) is 2.28. The van der Waals surface area contributed by atoms with Gasteiger partial charge < -0.3 is 4.74 Å². The average molecular weight is 224 g/mol. The quantitative estimate of drug-likeness (QED) is 0.706. The lowest BCUT2D eigenvalue weighted by Crippen LogP contribution is -2.00. The van der Waals surface area contributed by atoms with Crippen molar-refractivity contribution in [3.63, 3.8) is 0 Å². The normalized spacial score (nSPS) is 12.5. The zero-order chi connectivity index (χ0) is 12.0. The third-order valence-corrected chi connectivity index (χ3v) is 2.64. The molecule has 0 aliphatic carbocycles. The van der Waals surface area contributed by atoms with Crippen molar-refractivity contribution in [3.8, 4) is 5.75 Å². The summed E-state index contributed by atoms with van der Waals surface area (Å²) in [5.74, 6) is 0.819. The van der Waals surface area contributed by atoms with Gasteiger partial charge in [0, 0.05) is 5.92 Å². The van der Waals surface area contributed by atoms with E-state index in [4.69, 9.17) is 4.74 Å². The molecule has 0 amide bonds.